The third-order valence-corrected chi connectivity index (χ3v) is 3.43. The van der Waals surface area contributed by atoms with Crippen LogP contribution in [0.4, 0.5) is 5.82 Å². The molecule has 0 aliphatic carbocycles. The number of hydrogen-bond acceptors (Lipinski definition) is 3. The number of aromatic nitrogens is 2. The number of benzene rings is 1. The molecule has 3 rings (SSSR count). The molecule has 1 amide bonds. The van der Waals surface area contributed by atoms with Crippen molar-refractivity contribution in [2.75, 3.05) is 11.9 Å². The Balaban J connectivity index is 2.27. The molecule has 0 atom stereocenters. The summed E-state index contributed by atoms with van der Waals surface area (Å²) in [4.78, 5) is 22.0. The Morgan fingerprint density at radius 2 is 2.06 bits per heavy atom. The Kier molecular flexibility index (Phi) is 2.52. The monoisotopic (exact) mass is 259 g/mol. The quantitative estimate of drug-likeness (QED) is 0.682. The number of carbonyl (C=O) groups is 1. The molecule has 0 saturated carbocycles. The summed E-state index contributed by atoms with van der Waals surface area (Å²) < 4.78 is 0. The lowest BCUT2D eigenvalue weighted by atomic mass is 10.0. The van der Waals surface area contributed by atoms with Gasteiger partial charge in [0.25, 0.3) is 5.91 Å². The largest absolute Gasteiger partial charge is 0.295 e. The second-order valence-corrected chi connectivity index (χ2v) is 4.52. The molecular formula is C13H10ClN3O. The smallest absolute Gasteiger partial charge is 0.259 e. The molecule has 2 aromatic rings. The summed E-state index contributed by atoms with van der Waals surface area (Å²) >= 11 is 6.11. The molecule has 0 fully saturated rings. The highest BCUT2D eigenvalue weighted by Crippen LogP contribution is 2.30. The van der Waals surface area contributed by atoms with E-state index in [1.165, 1.54) is 11.2 Å². The second kappa shape index (κ2) is 4.07. The molecule has 2 heterocycles. The molecule has 0 saturated heterocycles. The maximum absolute atomic E-state index is 12.3. The molecule has 4 nitrogen and oxygen atoms in total. The Hall–Kier alpha value is -1.94. The van der Waals surface area contributed by atoms with E-state index in [0.717, 1.165) is 11.1 Å². The minimum Gasteiger partial charge on any atom is -0.295 e. The van der Waals surface area contributed by atoms with Crippen molar-refractivity contribution in [1.82, 2.24) is 9.97 Å². The third kappa shape index (κ3) is 1.57. The summed E-state index contributed by atoms with van der Waals surface area (Å²) in [5, 5.41) is 0.399. The SMILES string of the molecule is CN1C(=O)c2ccccc2Cc2c(Cl)ncnc21. The van der Waals surface area contributed by atoms with Gasteiger partial charge in [-0.1, -0.05) is 29.8 Å². The van der Waals surface area contributed by atoms with Crippen LogP contribution in [-0.2, 0) is 6.42 Å². The van der Waals surface area contributed by atoms with Gasteiger partial charge in [0, 0.05) is 24.6 Å². The Morgan fingerprint density at radius 3 is 2.89 bits per heavy atom. The van der Waals surface area contributed by atoms with Crippen LogP contribution in [0.2, 0.25) is 5.15 Å². The van der Waals surface area contributed by atoms with Crippen LogP contribution in [0.15, 0.2) is 30.6 Å². The Bertz CT molecular complexity index is 642. The number of rotatable bonds is 0. The average Bonchev–Trinajstić information content (AvgIpc) is 2.49. The van der Waals surface area contributed by atoms with Gasteiger partial charge in [0.2, 0.25) is 0 Å². The zero-order chi connectivity index (χ0) is 12.7. The zero-order valence-corrected chi connectivity index (χ0v) is 10.5. The molecule has 1 aromatic heterocycles. The number of anilines is 1. The number of carbonyl (C=O) groups excluding carboxylic acids is 1. The topological polar surface area (TPSA) is 46.1 Å². The fraction of sp³-hybridized carbons (Fsp3) is 0.154. The van der Waals surface area contributed by atoms with Crippen LogP contribution in [0, 0.1) is 0 Å². The predicted molar refractivity (Wildman–Crippen MR) is 69.0 cm³/mol. The number of hydrogen-bond donors (Lipinski definition) is 0. The molecule has 0 N–H and O–H groups in total. The standard InChI is InChI=1S/C13H10ClN3O/c1-17-12-10(11(14)15-7-16-12)6-8-4-2-3-5-9(8)13(17)18/h2-5,7H,6H2,1H3. The summed E-state index contributed by atoms with van der Waals surface area (Å²) in [5.74, 6) is 0.510. The van der Waals surface area contributed by atoms with E-state index in [2.05, 4.69) is 9.97 Å². The van der Waals surface area contributed by atoms with Crippen molar-refractivity contribution >= 4 is 23.3 Å². The fourth-order valence-electron chi connectivity index (χ4n) is 2.17. The minimum atomic E-state index is -0.0703. The summed E-state index contributed by atoms with van der Waals surface area (Å²) in [6.07, 6.45) is 1.95. The van der Waals surface area contributed by atoms with E-state index in [1.807, 2.05) is 24.3 Å². The fourth-order valence-corrected chi connectivity index (χ4v) is 2.37. The van der Waals surface area contributed by atoms with Crippen LogP contribution in [0.5, 0.6) is 0 Å². The molecule has 0 spiro atoms. The van der Waals surface area contributed by atoms with Crippen LogP contribution >= 0.6 is 11.6 Å². The van der Waals surface area contributed by atoms with Gasteiger partial charge in [-0.15, -0.1) is 0 Å². The van der Waals surface area contributed by atoms with Crippen molar-refractivity contribution < 1.29 is 4.79 Å². The lowest BCUT2D eigenvalue weighted by molar-refractivity contribution is 0.0992. The lowest BCUT2D eigenvalue weighted by Gasteiger charge is -2.16. The minimum absolute atomic E-state index is 0.0703. The normalized spacial score (nSPS) is 13.9. The summed E-state index contributed by atoms with van der Waals surface area (Å²) in [5.41, 5.74) is 2.43. The van der Waals surface area contributed by atoms with Gasteiger partial charge < -0.3 is 0 Å². The van der Waals surface area contributed by atoms with Gasteiger partial charge >= 0.3 is 0 Å². The van der Waals surface area contributed by atoms with E-state index in [4.69, 9.17) is 11.6 Å². The van der Waals surface area contributed by atoms with Crippen molar-refractivity contribution in [1.29, 1.82) is 0 Å². The highest BCUT2D eigenvalue weighted by Gasteiger charge is 2.26. The Labute approximate surface area is 109 Å². The van der Waals surface area contributed by atoms with Gasteiger partial charge in [0.05, 0.1) is 0 Å². The third-order valence-electron chi connectivity index (χ3n) is 3.11. The van der Waals surface area contributed by atoms with Crippen molar-refractivity contribution in [2.45, 2.75) is 6.42 Å². The van der Waals surface area contributed by atoms with Gasteiger partial charge in [-0.3, -0.25) is 9.69 Å². The Morgan fingerprint density at radius 1 is 1.28 bits per heavy atom. The number of halogens is 1. The molecule has 90 valence electrons. The van der Waals surface area contributed by atoms with Gasteiger partial charge in [-0.05, 0) is 11.6 Å². The molecule has 0 radical (unpaired) electrons. The van der Waals surface area contributed by atoms with Gasteiger partial charge in [0.1, 0.15) is 17.3 Å². The highest BCUT2D eigenvalue weighted by molar-refractivity contribution is 6.30. The van der Waals surface area contributed by atoms with E-state index < -0.39 is 0 Å². The molecule has 1 aromatic carbocycles. The summed E-state index contributed by atoms with van der Waals surface area (Å²) in [6, 6.07) is 7.52. The van der Waals surface area contributed by atoms with Crippen LogP contribution < -0.4 is 4.90 Å². The first kappa shape index (κ1) is 11.2. The predicted octanol–water partition coefficient (Wildman–Crippen LogP) is 2.31. The molecule has 0 unspecified atom stereocenters. The maximum atomic E-state index is 12.3. The van der Waals surface area contributed by atoms with E-state index in [0.29, 0.717) is 23.0 Å². The van der Waals surface area contributed by atoms with Crippen molar-refractivity contribution in [3.8, 4) is 0 Å². The number of nitrogens with zero attached hydrogens (tertiary/aromatic N) is 3. The molecule has 1 aliphatic rings. The first-order valence-corrected chi connectivity index (χ1v) is 5.91. The van der Waals surface area contributed by atoms with Gasteiger partial charge in [0.15, 0.2) is 0 Å². The molecular weight excluding hydrogens is 250 g/mol. The molecule has 5 heteroatoms. The van der Waals surface area contributed by atoms with Gasteiger partial charge in [-0.2, -0.15) is 0 Å². The van der Waals surface area contributed by atoms with Crippen molar-refractivity contribution in [3.63, 3.8) is 0 Å². The van der Waals surface area contributed by atoms with E-state index in [9.17, 15) is 4.79 Å². The average molecular weight is 260 g/mol. The second-order valence-electron chi connectivity index (χ2n) is 4.16. The number of amides is 1. The zero-order valence-electron chi connectivity index (χ0n) is 9.72. The van der Waals surface area contributed by atoms with E-state index in [-0.39, 0.29) is 5.91 Å². The summed E-state index contributed by atoms with van der Waals surface area (Å²) in [6.45, 7) is 0. The van der Waals surface area contributed by atoms with Crippen LogP contribution in [0.25, 0.3) is 0 Å². The molecule has 1 aliphatic heterocycles. The maximum Gasteiger partial charge on any atom is 0.259 e. The summed E-state index contributed by atoms with van der Waals surface area (Å²) in [7, 11) is 1.70. The van der Waals surface area contributed by atoms with Crippen LogP contribution in [-0.4, -0.2) is 22.9 Å². The first-order chi connectivity index (χ1) is 8.68. The highest BCUT2D eigenvalue weighted by atomic mass is 35.5. The van der Waals surface area contributed by atoms with Crippen LogP contribution in [0.3, 0.4) is 0 Å². The van der Waals surface area contributed by atoms with Crippen LogP contribution in [0.1, 0.15) is 21.5 Å². The first-order valence-electron chi connectivity index (χ1n) is 5.54. The molecule has 0 bridgehead atoms. The van der Waals surface area contributed by atoms with Crippen molar-refractivity contribution in [3.05, 3.63) is 52.4 Å². The lowest BCUT2D eigenvalue weighted by Crippen LogP contribution is -2.27. The van der Waals surface area contributed by atoms with Crippen molar-refractivity contribution in [2.24, 2.45) is 0 Å². The van der Waals surface area contributed by atoms with Gasteiger partial charge in [-0.25, -0.2) is 9.97 Å². The van der Waals surface area contributed by atoms with E-state index in [1.54, 1.807) is 7.05 Å². The number of fused-ring (bicyclic) bond motifs is 2. The molecule has 18 heavy (non-hydrogen) atoms. The van der Waals surface area contributed by atoms with E-state index >= 15 is 0 Å².